The molecule has 0 bridgehead atoms. The molecule has 0 aliphatic rings. The average Bonchev–Trinajstić information content (AvgIpc) is 2.36. The SMILES string of the molecule is NCC[C@H](O)c1n[nH]c(=O)[nH]1. The first-order valence-electron chi connectivity index (χ1n) is 3.26. The summed E-state index contributed by atoms with van der Waals surface area (Å²) < 4.78 is 0. The number of aliphatic hydroxyl groups excluding tert-OH is 1. The van der Waals surface area contributed by atoms with E-state index in [2.05, 4.69) is 15.2 Å². The van der Waals surface area contributed by atoms with Crippen molar-refractivity contribution in [2.45, 2.75) is 12.5 Å². The second-order valence-corrected chi connectivity index (χ2v) is 2.16. The van der Waals surface area contributed by atoms with E-state index < -0.39 is 11.8 Å². The largest absolute Gasteiger partial charge is 0.385 e. The standard InChI is InChI=1S/C5H10N4O2/c6-2-1-3(10)4-7-5(11)9-8-4/h3,10H,1-2,6H2,(H2,7,8,9,11)/t3-/m0/s1. The molecular formula is C5H10N4O2. The molecule has 0 spiro atoms. The molecule has 0 saturated carbocycles. The molecule has 0 fully saturated rings. The number of nitrogens with two attached hydrogens (primary N) is 1. The molecule has 6 heteroatoms. The lowest BCUT2D eigenvalue weighted by molar-refractivity contribution is 0.161. The van der Waals surface area contributed by atoms with Crippen LogP contribution in [0.1, 0.15) is 18.3 Å². The number of aliphatic hydroxyl groups is 1. The van der Waals surface area contributed by atoms with Gasteiger partial charge < -0.3 is 10.8 Å². The van der Waals surface area contributed by atoms with Crippen molar-refractivity contribution >= 4 is 0 Å². The maximum atomic E-state index is 10.5. The summed E-state index contributed by atoms with van der Waals surface area (Å²) in [6.45, 7) is 0.357. The van der Waals surface area contributed by atoms with E-state index in [-0.39, 0.29) is 5.82 Å². The topological polar surface area (TPSA) is 108 Å². The summed E-state index contributed by atoms with van der Waals surface area (Å²) >= 11 is 0. The summed E-state index contributed by atoms with van der Waals surface area (Å²) in [5, 5.41) is 14.9. The molecule has 0 radical (unpaired) electrons. The van der Waals surface area contributed by atoms with Crippen molar-refractivity contribution in [3.05, 3.63) is 16.3 Å². The highest BCUT2D eigenvalue weighted by Gasteiger charge is 2.09. The molecule has 11 heavy (non-hydrogen) atoms. The van der Waals surface area contributed by atoms with E-state index in [4.69, 9.17) is 5.73 Å². The van der Waals surface area contributed by atoms with Crippen molar-refractivity contribution in [2.75, 3.05) is 6.54 Å². The molecule has 1 aromatic rings. The van der Waals surface area contributed by atoms with E-state index in [1.165, 1.54) is 0 Å². The van der Waals surface area contributed by atoms with Crippen LogP contribution in [0.2, 0.25) is 0 Å². The number of aromatic nitrogens is 3. The van der Waals surface area contributed by atoms with Gasteiger partial charge in [-0.25, -0.2) is 9.89 Å². The Morgan fingerprint density at radius 2 is 2.45 bits per heavy atom. The lowest BCUT2D eigenvalue weighted by Crippen LogP contribution is -2.09. The third-order valence-electron chi connectivity index (χ3n) is 1.28. The molecule has 0 saturated heterocycles. The van der Waals surface area contributed by atoms with Gasteiger partial charge in [-0.05, 0) is 13.0 Å². The van der Waals surface area contributed by atoms with Gasteiger partial charge in [0.1, 0.15) is 6.10 Å². The van der Waals surface area contributed by atoms with Crippen LogP contribution in [0.4, 0.5) is 0 Å². The zero-order valence-electron chi connectivity index (χ0n) is 5.87. The predicted molar refractivity (Wildman–Crippen MR) is 37.8 cm³/mol. The van der Waals surface area contributed by atoms with Gasteiger partial charge in [0, 0.05) is 0 Å². The monoisotopic (exact) mass is 158 g/mol. The van der Waals surface area contributed by atoms with Gasteiger partial charge in [-0.15, -0.1) is 0 Å². The number of aromatic amines is 2. The fourth-order valence-corrected chi connectivity index (χ4v) is 0.736. The third-order valence-corrected chi connectivity index (χ3v) is 1.28. The van der Waals surface area contributed by atoms with Crippen LogP contribution in [0, 0.1) is 0 Å². The summed E-state index contributed by atoms with van der Waals surface area (Å²) in [5.74, 6) is 0.237. The summed E-state index contributed by atoms with van der Waals surface area (Å²) in [6.07, 6.45) is -0.389. The van der Waals surface area contributed by atoms with Crippen LogP contribution in [0.15, 0.2) is 4.79 Å². The van der Waals surface area contributed by atoms with Gasteiger partial charge in [-0.3, -0.25) is 4.98 Å². The smallest absolute Gasteiger partial charge is 0.340 e. The van der Waals surface area contributed by atoms with Crippen molar-refractivity contribution in [2.24, 2.45) is 5.73 Å². The molecule has 1 aromatic heterocycles. The number of hydrogen-bond acceptors (Lipinski definition) is 4. The second-order valence-electron chi connectivity index (χ2n) is 2.16. The predicted octanol–water partition coefficient (Wildman–Crippen LogP) is -1.52. The minimum Gasteiger partial charge on any atom is -0.385 e. The Labute approximate surface area is 62.4 Å². The van der Waals surface area contributed by atoms with E-state index in [0.717, 1.165) is 0 Å². The Balaban J connectivity index is 2.68. The van der Waals surface area contributed by atoms with Crippen LogP contribution >= 0.6 is 0 Å². The minimum absolute atomic E-state index is 0.237. The van der Waals surface area contributed by atoms with Gasteiger partial charge >= 0.3 is 5.69 Å². The van der Waals surface area contributed by atoms with Crippen molar-refractivity contribution < 1.29 is 5.11 Å². The Morgan fingerprint density at radius 1 is 1.73 bits per heavy atom. The van der Waals surface area contributed by atoms with Crippen LogP contribution in [0.5, 0.6) is 0 Å². The number of hydrogen-bond donors (Lipinski definition) is 4. The van der Waals surface area contributed by atoms with Crippen molar-refractivity contribution in [3.63, 3.8) is 0 Å². The summed E-state index contributed by atoms with van der Waals surface area (Å²) in [7, 11) is 0. The highest BCUT2D eigenvalue weighted by atomic mass is 16.3. The zero-order valence-corrected chi connectivity index (χ0v) is 5.87. The molecule has 0 aliphatic heterocycles. The van der Waals surface area contributed by atoms with Crippen LogP contribution in [0.3, 0.4) is 0 Å². The van der Waals surface area contributed by atoms with Crippen molar-refractivity contribution in [3.8, 4) is 0 Å². The maximum Gasteiger partial charge on any atom is 0.340 e. The molecule has 1 rings (SSSR count). The van der Waals surface area contributed by atoms with Crippen LogP contribution in [0.25, 0.3) is 0 Å². The van der Waals surface area contributed by atoms with Crippen molar-refractivity contribution in [1.82, 2.24) is 15.2 Å². The van der Waals surface area contributed by atoms with Crippen LogP contribution in [-0.4, -0.2) is 26.8 Å². The molecular weight excluding hydrogens is 148 g/mol. The zero-order chi connectivity index (χ0) is 8.27. The van der Waals surface area contributed by atoms with Gasteiger partial charge in [-0.1, -0.05) is 0 Å². The molecule has 6 nitrogen and oxygen atoms in total. The quantitative estimate of drug-likeness (QED) is 0.428. The number of H-pyrrole nitrogens is 2. The van der Waals surface area contributed by atoms with Gasteiger partial charge in [0.25, 0.3) is 0 Å². The highest BCUT2D eigenvalue weighted by Crippen LogP contribution is 2.06. The second kappa shape index (κ2) is 3.31. The van der Waals surface area contributed by atoms with Crippen LogP contribution < -0.4 is 11.4 Å². The van der Waals surface area contributed by atoms with Gasteiger partial charge in [-0.2, -0.15) is 5.10 Å². The van der Waals surface area contributed by atoms with E-state index in [0.29, 0.717) is 13.0 Å². The fraction of sp³-hybridized carbons (Fsp3) is 0.600. The van der Waals surface area contributed by atoms with Crippen molar-refractivity contribution in [1.29, 1.82) is 0 Å². The Morgan fingerprint density at radius 3 is 2.91 bits per heavy atom. The Kier molecular flexibility index (Phi) is 2.40. The molecule has 1 atom stereocenters. The number of rotatable bonds is 3. The van der Waals surface area contributed by atoms with Crippen LogP contribution in [-0.2, 0) is 0 Å². The summed E-state index contributed by atoms with van der Waals surface area (Å²) in [6, 6.07) is 0. The first-order valence-corrected chi connectivity index (χ1v) is 3.26. The number of nitrogens with one attached hydrogen (secondary N) is 2. The lowest BCUT2D eigenvalue weighted by atomic mass is 10.2. The van der Waals surface area contributed by atoms with Gasteiger partial charge in [0.15, 0.2) is 5.82 Å². The van der Waals surface area contributed by atoms with Gasteiger partial charge in [0.2, 0.25) is 0 Å². The lowest BCUT2D eigenvalue weighted by Gasteiger charge is -2.02. The van der Waals surface area contributed by atoms with E-state index in [1.54, 1.807) is 0 Å². The fourth-order valence-electron chi connectivity index (χ4n) is 0.736. The highest BCUT2D eigenvalue weighted by molar-refractivity contribution is 4.86. The van der Waals surface area contributed by atoms with E-state index in [1.807, 2.05) is 0 Å². The molecule has 0 unspecified atom stereocenters. The molecule has 5 N–H and O–H groups in total. The molecule has 62 valence electrons. The summed E-state index contributed by atoms with van der Waals surface area (Å²) in [4.78, 5) is 12.8. The maximum absolute atomic E-state index is 10.5. The number of nitrogens with zero attached hydrogens (tertiary/aromatic N) is 1. The molecule has 0 aliphatic carbocycles. The third kappa shape index (κ3) is 1.89. The average molecular weight is 158 g/mol. The first-order chi connectivity index (χ1) is 5.24. The Hall–Kier alpha value is -1.14. The first kappa shape index (κ1) is 7.96. The summed E-state index contributed by atoms with van der Waals surface area (Å²) in [5.41, 5.74) is 4.76. The van der Waals surface area contributed by atoms with Gasteiger partial charge in [0.05, 0.1) is 0 Å². The minimum atomic E-state index is -0.779. The normalized spacial score (nSPS) is 13.3. The molecule has 1 heterocycles. The van der Waals surface area contributed by atoms with E-state index in [9.17, 15) is 9.90 Å². The molecule has 0 amide bonds. The Bertz CT molecular complexity index is 265. The molecule has 0 aromatic carbocycles. The van der Waals surface area contributed by atoms with E-state index >= 15 is 0 Å².